The molecular formula is C17H21N3O2. The summed E-state index contributed by atoms with van der Waals surface area (Å²) < 4.78 is 0. The standard InChI is InChI=1S/C17H21N3O2/c1-2-3-5-13-7-9-14(10-8-13)12-16(21)19-20-17(22)15-6-4-11-18-15/h4,6-11,18H,2-3,5,12H2,1H3,(H,19,21)(H,20,22). The fourth-order valence-corrected chi connectivity index (χ4v) is 2.10. The third-order valence-corrected chi connectivity index (χ3v) is 3.36. The van der Waals surface area contributed by atoms with Gasteiger partial charge in [-0.1, -0.05) is 37.6 Å². The second-order valence-electron chi connectivity index (χ2n) is 5.18. The molecule has 5 heteroatoms. The molecule has 1 aromatic heterocycles. The first-order valence-electron chi connectivity index (χ1n) is 7.49. The molecule has 0 bridgehead atoms. The Hall–Kier alpha value is -2.56. The van der Waals surface area contributed by atoms with Crippen molar-refractivity contribution in [2.24, 2.45) is 0 Å². The van der Waals surface area contributed by atoms with Crippen LogP contribution < -0.4 is 10.9 Å². The Morgan fingerprint density at radius 3 is 2.41 bits per heavy atom. The highest BCUT2D eigenvalue weighted by atomic mass is 16.2. The van der Waals surface area contributed by atoms with E-state index >= 15 is 0 Å². The van der Waals surface area contributed by atoms with Gasteiger partial charge in [-0.3, -0.25) is 20.4 Å². The summed E-state index contributed by atoms with van der Waals surface area (Å²) in [4.78, 5) is 26.2. The van der Waals surface area contributed by atoms with E-state index in [2.05, 4.69) is 34.9 Å². The Labute approximate surface area is 130 Å². The first-order valence-corrected chi connectivity index (χ1v) is 7.49. The number of aromatic amines is 1. The predicted octanol–water partition coefficient (Wildman–Crippen LogP) is 2.36. The van der Waals surface area contributed by atoms with Crippen molar-refractivity contribution >= 4 is 11.8 Å². The Kier molecular flexibility index (Phi) is 5.77. The zero-order valence-corrected chi connectivity index (χ0v) is 12.7. The first-order chi connectivity index (χ1) is 10.7. The highest BCUT2D eigenvalue weighted by Crippen LogP contribution is 2.08. The van der Waals surface area contributed by atoms with E-state index in [0.29, 0.717) is 5.69 Å². The van der Waals surface area contributed by atoms with Crippen LogP contribution in [-0.2, 0) is 17.6 Å². The van der Waals surface area contributed by atoms with Crippen LogP contribution in [0.1, 0.15) is 41.4 Å². The maximum Gasteiger partial charge on any atom is 0.286 e. The summed E-state index contributed by atoms with van der Waals surface area (Å²) in [6.45, 7) is 2.17. The number of hydrogen-bond acceptors (Lipinski definition) is 2. The number of carbonyl (C=O) groups excluding carboxylic acids is 2. The zero-order chi connectivity index (χ0) is 15.8. The van der Waals surface area contributed by atoms with Crippen molar-refractivity contribution in [3.8, 4) is 0 Å². The zero-order valence-electron chi connectivity index (χ0n) is 12.7. The number of amides is 2. The molecule has 0 fully saturated rings. The molecule has 0 atom stereocenters. The topological polar surface area (TPSA) is 74.0 Å². The summed E-state index contributed by atoms with van der Waals surface area (Å²) in [5, 5.41) is 0. The molecule has 1 aromatic carbocycles. The van der Waals surface area contributed by atoms with Gasteiger partial charge in [0.25, 0.3) is 5.91 Å². The lowest BCUT2D eigenvalue weighted by molar-refractivity contribution is -0.121. The van der Waals surface area contributed by atoms with Crippen molar-refractivity contribution in [3.05, 3.63) is 59.4 Å². The fourth-order valence-electron chi connectivity index (χ4n) is 2.10. The minimum absolute atomic E-state index is 0.235. The number of hydrogen-bond donors (Lipinski definition) is 3. The Bertz CT molecular complexity index is 603. The van der Waals surface area contributed by atoms with Crippen LogP contribution in [0.3, 0.4) is 0 Å². The van der Waals surface area contributed by atoms with Gasteiger partial charge in [-0.05, 0) is 36.1 Å². The number of rotatable bonds is 6. The summed E-state index contributed by atoms with van der Waals surface area (Å²) in [7, 11) is 0. The van der Waals surface area contributed by atoms with Crippen molar-refractivity contribution in [2.75, 3.05) is 0 Å². The van der Waals surface area contributed by atoms with E-state index in [1.54, 1.807) is 18.3 Å². The number of unbranched alkanes of at least 4 members (excludes halogenated alkanes) is 1. The molecule has 2 aromatic rings. The van der Waals surface area contributed by atoms with Gasteiger partial charge in [-0.25, -0.2) is 0 Å². The van der Waals surface area contributed by atoms with E-state index in [0.717, 1.165) is 12.0 Å². The fraction of sp³-hybridized carbons (Fsp3) is 0.294. The summed E-state index contributed by atoms with van der Waals surface area (Å²) in [5.74, 6) is -0.616. The van der Waals surface area contributed by atoms with Crippen molar-refractivity contribution < 1.29 is 9.59 Å². The molecule has 0 saturated carbocycles. The van der Waals surface area contributed by atoms with Gasteiger partial charge in [0.15, 0.2) is 0 Å². The maximum absolute atomic E-state index is 11.8. The molecule has 0 radical (unpaired) electrons. The number of hydrazine groups is 1. The van der Waals surface area contributed by atoms with E-state index in [9.17, 15) is 9.59 Å². The number of aryl methyl sites for hydroxylation is 1. The van der Waals surface area contributed by atoms with E-state index in [-0.39, 0.29) is 18.2 Å². The Morgan fingerprint density at radius 1 is 1.05 bits per heavy atom. The molecular weight excluding hydrogens is 278 g/mol. The van der Waals surface area contributed by atoms with Crippen LogP contribution in [0.5, 0.6) is 0 Å². The van der Waals surface area contributed by atoms with Gasteiger partial charge in [0.2, 0.25) is 5.91 Å². The van der Waals surface area contributed by atoms with Crippen LogP contribution in [0.2, 0.25) is 0 Å². The molecule has 1 heterocycles. The number of aromatic nitrogens is 1. The SMILES string of the molecule is CCCCc1ccc(CC(=O)NNC(=O)c2ccc[nH]2)cc1. The first kappa shape index (κ1) is 15.8. The lowest BCUT2D eigenvalue weighted by Crippen LogP contribution is -2.42. The summed E-state index contributed by atoms with van der Waals surface area (Å²) in [5.41, 5.74) is 7.39. The van der Waals surface area contributed by atoms with Crippen LogP contribution in [0, 0.1) is 0 Å². The molecule has 0 aliphatic heterocycles. The van der Waals surface area contributed by atoms with E-state index in [1.165, 1.54) is 18.4 Å². The molecule has 2 amide bonds. The molecule has 0 unspecified atom stereocenters. The van der Waals surface area contributed by atoms with Gasteiger partial charge in [0.1, 0.15) is 5.69 Å². The molecule has 3 N–H and O–H groups in total. The van der Waals surface area contributed by atoms with Crippen LogP contribution in [-0.4, -0.2) is 16.8 Å². The normalized spacial score (nSPS) is 10.2. The summed E-state index contributed by atoms with van der Waals surface area (Å²) >= 11 is 0. The smallest absolute Gasteiger partial charge is 0.286 e. The third-order valence-electron chi connectivity index (χ3n) is 3.36. The minimum atomic E-state index is -0.367. The van der Waals surface area contributed by atoms with Crippen LogP contribution in [0.4, 0.5) is 0 Å². The molecule has 0 saturated heterocycles. The quantitative estimate of drug-likeness (QED) is 0.716. The van der Waals surface area contributed by atoms with Gasteiger partial charge in [-0.2, -0.15) is 0 Å². The highest BCUT2D eigenvalue weighted by molar-refractivity contribution is 5.93. The molecule has 2 rings (SSSR count). The van der Waals surface area contributed by atoms with E-state index < -0.39 is 0 Å². The third kappa shape index (κ3) is 4.77. The number of nitrogens with one attached hydrogen (secondary N) is 3. The van der Waals surface area contributed by atoms with Crippen LogP contribution >= 0.6 is 0 Å². The number of benzene rings is 1. The molecule has 0 spiro atoms. The second kappa shape index (κ2) is 8.02. The molecule has 22 heavy (non-hydrogen) atoms. The van der Waals surface area contributed by atoms with Crippen molar-refractivity contribution in [1.29, 1.82) is 0 Å². The van der Waals surface area contributed by atoms with Gasteiger partial charge in [0.05, 0.1) is 6.42 Å². The average Bonchev–Trinajstić information content (AvgIpc) is 3.06. The predicted molar refractivity (Wildman–Crippen MR) is 85.2 cm³/mol. The average molecular weight is 299 g/mol. The van der Waals surface area contributed by atoms with Crippen molar-refractivity contribution in [3.63, 3.8) is 0 Å². The van der Waals surface area contributed by atoms with Crippen molar-refractivity contribution in [2.45, 2.75) is 32.6 Å². The van der Waals surface area contributed by atoms with Crippen molar-refractivity contribution in [1.82, 2.24) is 15.8 Å². The molecule has 0 aliphatic rings. The lowest BCUT2D eigenvalue weighted by Gasteiger charge is -2.07. The summed E-state index contributed by atoms with van der Waals surface area (Å²) in [6, 6.07) is 11.4. The van der Waals surface area contributed by atoms with E-state index in [1.807, 2.05) is 12.1 Å². The van der Waals surface area contributed by atoms with E-state index in [4.69, 9.17) is 0 Å². The molecule has 0 aliphatic carbocycles. The summed E-state index contributed by atoms with van der Waals surface area (Å²) in [6.07, 6.45) is 5.29. The minimum Gasteiger partial charge on any atom is -0.357 e. The highest BCUT2D eigenvalue weighted by Gasteiger charge is 2.08. The second-order valence-corrected chi connectivity index (χ2v) is 5.18. The number of H-pyrrole nitrogens is 1. The molecule has 116 valence electrons. The Morgan fingerprint density at radius 2 is 1.77 bits per heavy atom. The van der Waals surface area contributed by atoms with Gasteiger partial charge < -0.3 is 4.98 Å². The lowest BCUT2D eigenvalue weighted by atomic mass is 10.0. The maximum atomic E-state index is 11.8. The number of carbonyl (C=O) groups is 2. The van der Waals surface area contributed by atoms with Crippen LogP contribution in [0.25, 0.3) is 0 Å². The molecule has 5 nitrogen and oxygen atoms in total. The largest absolute Gasteiger partial charge is 0.357 e. The van der Waals surface area contributed by atoms with Gasteiger partial charge in [0, 0.05) is 6.20 Å². The van der Waals surface area contributed by atoms with Gasteiger partial charge in [-0.15, -0.1) is 0 Å². The monoisotopic (exact) mass is 299 g/mol. The van der Waals surface area contributed by atoms with Gasteiger partial charge >= 0.3 is 0 Å². The van der Waals surface area contributed by atoms with Crippen LogP contribution in [0.15, 0.2) is 42.6 Å². The Balaban J connectivity index is 1.78.